The van der Waals surface area contributed by atoms with E-state index in [4.69, 9.17) is 16.3 Å². The fourth-order valence-corrected chi connectivity index (χ4v) is 2.18. The molecule has 88 valence electrons. The molecule has 1 fully saturated rings. The van der Waals surface area contributed by atoms with Crippen LogP contribution in [-0.2, 0) is 0 Å². The van der Waals surface area contributed by atoms with Crippen LogP contribution in [0.4, 0.5) is 0 Å². The highest BCUT2D eigenvalue weighted by molar-refractivity contribution is 6.31. The van der Waals surface area contributed by atoms with Crippen molar-refractivity contribution in [3.8, 4) is 5.88 Å². The number of nitrogens with one attached hydrogen (secondary N) is 1. The minimum atomic E-state index is -0.352. The number of H-pyrrole nitrogens is 1. The number of ether oxygens (including phenoxy) is 1. The first-order valence-electron chi connectivity index (χ1n) is 5.63. The summed E-state index contributed by atoms with van der Waals surface area (Å²) in [4.78, 5) is 17.5. The van der Waals surface area contributed by atoms with Crippen LogP contribution in [0.5, 0.6) is 5.88 Å². The lowest BCUT2D eigenvalue weighted by atomic mass is 9.90. The van der Waals surface area contributed by atoms with Crippen molar-refractivity contribution in [3.63, 3.8) is 0 Å². The van der Waals surface area contributed by atoms with Crippen molar-refractivity contribution in [1.82, 2.24) is 9.97 Å². The molecule has 5 heteroatoms. The first kappa shape index (κ1) is 11.5. The highest BCUT2D eigenvalue weighted by Gasteiger charge is 2.15. The van der Waals surface area contributed by atoms with Crippen LogP contribution in [0.25, 0.3) is 0 Å². The van der Waals surface area contributed by atoms with Gasteiger partial charge in [0.05, 0.1) is 12.9 Å². The van der Waals surface area contributed by atoms with Crippen molar-refractivity contribution in [2.75, 3.05) is 6.61 Å². The number of aromatic amines is 1. The summed E-state index contributed by atoms with van der Waals surface area (Å²) < 4.78 is 5.49. The Morgan fingerprint density at radius 2 is 2.19 bits per heavy atom. The Morgan fingerprint density at radius 3 is 2.94 bits per heavy atom. The van der Waals surface area contributed by atoms with Crippen molar-refractivity contribution in [3.05, 3.63) is 21.7 Å². The smallest absolute Gasteiger partial charge is 0.273 e. The van der Waals surface area contributed by atoms with E-state index in [1.807, 2.05) is 0 Å². The molecule has 1 aliphatic carbocycles. The molecule has 16 heavy (non-hydrogen) atoms. The quantitative estimate of drug-likeness (QED) is 0.886. The van der Waals surface area contributed by atoms with Gasteiger partial charge in [-0.25, -0.2) is 4.98 Å². The second-order valence-corrected chi connectivity index (χ2v) is 4.54. The van der Waals surface area contributed by atoms with E-state index in [9.17, 15) is 4.79 Å². The lowest BCUT2D eigenvalue weighted by molar-refractivity contribution is 0.202. The largest absolute Gasteiger partial charge is 0.476 e. The normalized spacial score (nSPS) is 17.3. The maximum absolute atomic E-state index is 11.2. The molecule has 1 aromatic rings. The molecule has 1 heterocycles. The Balaban J connectivity index is 1.93. The van der Waals surface area contributed by atoms with E-state index in [1.54, 1.807) is 0 Å². The van der Waals surface area contributed by atoms with Gasteiger partial charge in [0.15, 0.2) is 5.02 Å². The maximum atomic E-state index is 11.2. The SMILES string of the molecule is O=c1[nH]cnc(OCC2CCCCC2)c1Cl. The molecule has 0 radical (unpaired) electrons. The van der Waals surface area contributed by atoms with Gasteiger partial charge in [0.25, 0.3) is 5.56 Å². The van der Waals surface area contributed by atoms with Crippen LogP contribution in [0, 0.1) is 5.92 Å². The van der Waals surface area contributed by atoms with Gasteiger partial charge in [0.1, 0.15) is 0 Å². The lowest BCUT2D eigenvalue weighted by Gasteiger charge is -2.21. The summed E-state index contributed by atoms with van der Waals surface area (Å²) in [6.45, 7) is 0.607. The van der Waals surface area contributed by atoms with Gasteiger partial charge < -0.3 is 9.72 Å². The number of rotatable bonds is 3. The predicted molar refractivity (Wildman–Crippen MR) is 61.9 cm³/mol. The Labute approximate surface area is 99.0 Å². The lowest BCUT2D eigenvalue weighted by Crippen LogP contribution is -2.17. The number of hydrogen-bond donors (Lipinski definition) is 1. The molecule has 0 aromatic carbocycles. The zero-order valence-electron chi connectivity index (χ0n) is 9.04. The average Bonchev–Trinajstić information content (AvgIpc) is 2.32. The summed E-state index contributed by atoms with van der Waals surface area (Å²) in [6.07, 6.45) is 7.56. The fraction of sp³-hybridized carbons (Fsp3) is 0.636. The first-order chi connectivity index (χ1) is 7.77. The van der Waals surface area contributed by atoms with E-state index in [1.165, 1.54) is 38.4 Å². The molecular weight excluding hydrogens is 228 g/mol. The molecule has 0 bridgehead atoms. The van der Waals surface area contributed by atoms with E-state index in [0.29, 0.717) is 12.5 Å². The molecule has 2 rings (SSSR count). The second kappa shape index (κ2) is 5.34. The summed E-state index contributed by atoms with van der Waals surface area (Å²) in [5.74, 6) is 0.821. The average molecular weight is 243 g/mol. The summed E-state index contributed by atoms with van der Waals surface area (Å²) in [6, 6.07) is 0. The van der Waals surface area contributed by atoms with E-state index >= 15 is 0 Å². The van der Waals surface area contributed by atoms with Crippen LogP contribution >= 0.6 is 11.6 Å². The van der Waals surface area contributed by atoms with Gasteiger partial charge >= 0.3 is 0 Å². The van der Waals surface area contributed by atoms with Crippen LogP contribution in [0.1, 0.15) is 32.1 Å². The molecule has 0 spiro atoms. The third kappa shape index (κ3) is 2.76. The van der Waals surface area contributed by atoms with Crippen LogP contribution in [0.15, 0.2) is 11.1 Å². The molecule has 0 saturated heterocycles. The number of halogens is 1. The molecule has 0 aliphatic heterocycles. The van der Waals surface area contributed by atoms with Gasteiger partial charge in [-0.2, -0.15) is 0 Å². The van der Waals surface area contributed by atoms with E-state index < -0.39 is 0 Å². The molecule has 1 aliphatic rings. The summed E-state index contributed by atoms with van der Waals surface area (Å²) >= 11 is 5.78. The topological polar surface area (TPSA) is 55.0 Å². The zero-order chi connectivity index (χ0) is 11.4. The summed E-state index contributed by atoms with van der Waals surface area (Å²) in [5.41, 5.74) is -0.352. The van der Waals surface area contributed by atoms with Crippen molar-refractivity contribution in [2.45, 2.75) is 32.1 Å². The van der Waals surface area contributed by atoms with Gasteiger partial charge in [-0.15, -0.1) is 0 Å². The van der Waals surface area contributed by atoms with E-state index in [2.05, 4.69) is 9.97 Å². The Bertz CT molecular complexity index is 399. The van der Waals surface area contributed by atoms with Crippen LogP contribution < -0.4 is 10.3 Å². The molecule has 0 atom stereocenters. The van der Waals surface area contributed by atoms with Gasteiger partial charge in [-0.1, -0.05) is 30.9 Å². The third-order valence-electron chi connectivity index (χ3n) is 2.95. The van der Waals surface area contributed by atoms with E-state index in [0.717, 1.165) is 0 Å². The van der Waals surface area contributed by atoms with Crippen molar-refractivity contribution in [2.24, 2.45) is 5.92 Å². The number of hydrogen-bond acceptors (Lipinski definition) is 3. The number of nitrogens with zero attached hydrogens (tertiary/aromatic N) is 1. The van der Waals surface area contributed by atoms with Crippen LogP contribution in [0.2, 0.25) is 5.02 Å². The Hall–Kier alpha value is -1.03. The molecule has 0 unspecified atom stereocenters. The standard InChI is InChI=1S/C11H15ClN2O2/c12-9-10(15)13-7-14-11(9)16-6-8-4-2-1-3-5-8/h7-8H,1-6H2,(H,13,14,15). The van der Waals surface area contributed by atoms with Crippen molar-refractivity contribution in [1.29, 1.82) is 0 Å². The zero-order valence-corrected chi connectivity index (χ0v) is 9.79. The fourth-order valence-electron chi connectivity index (χ4n) is 2.02. The molecule has 1 N–H and O–H groups in total. The third-order valence-corrected chi connectivity index (χ3v) is 3.28. The minimum Gasteiger partial charge on any atom is -0.476 e. The van der Waals surface area contributed by atoms with Crippen LogP contribution in [0.3, 0.4) is 0 Å². The Kier molecular flexibility index (Phi) is 3.83. The number of aromatic nitrogens is 2. The van der Waals surface area contributed by atoms with Gasteiger partial charge in [-0.05, 0) is 18.8 Å². The van der Waals surface area contributed by atoms with Gasteiger partial charge in [0.2, 0.25) is 5.88 Å². The van der Waals surface area contributed by atoms with Crippen LogP contribution in [-0.4, -0.2) is 16.6 Å². The molecule has 1 aromatic heterocycles. The summed E-state index contributed by atoms with van der Waals surface area (Å²) in [7, 11) is 0. The molecule has 1 saturated carbocycles. The minimum absolute atomic E-state index is 0.0401. The van der Waals surface area contributed by atoms with Crippen molar-refractivity contribution < 1.29 is 4.74 Å². The van der Waals surface area contributed by atoms with E-state index in [-0.39, 0.29) is 16.5 Å². The second-order valence-electron chi connectivity index (χ2n) is 4.17. The van der Waals surface area contributed by atoms with Gasteiger partial charge in [-0.3, -0.25) is 4.79 Å². The Morgan fingerprint density at radius 1 is 1.44 bits per heavy atom. The van der Waals surface area contributed by atoms with Crippen molar-refractivity contribution >= 4 is 11.6 Å². The highest BCUT2D eigenvalue weighted by atomic mass is 35.5. The monoisotopic (exact) mass is 242 g/mol. The predicted octanol–water partition coefficient (Wildman–Crippen LogP) is 2.38. The maximum Gasteiger partial charge on any atom is 0.273 e. The molecule has 0 amide bonds. The first-order valence-corrected chi connectivity index (χ1v) is 6.01. The van der Waals surface area contributed by atoms with Gasteiger partial charge in [0, 0.05) is 0 Å². The molecular formula is C11H15ClN2O2. The highest BCUT2D eigenvalue weighted by Crippen LogP contribution is 2.25. The molecule has 4 nitrogen and oxygen atoms in total. The summed E-state index contributed by atoms with van der Waals surface area (Å²) in [5, 5.41) is 0.0401.